The summed E-state index contributed by atoms with van der Waals surface area (Å²) in [5.74, 6) is 0.420. The van der Waals surface area contributed by atoms with Gasteiger partial charge in [0.2, 0.25) is 5.78 Å². The van der Waals surface area contributed by atoms with Gasteiger partial charge in [0.1, 0.15) is 5.78 Å². The van der Waals surface area contributed by atoms with Crippen LogP contribution in [0.25, 0.3) is 0 Å². The van der Waals surface area contributed by atoms with Crippen molar-refractivity contribution in [3.63, 3.8) is 0 Å². The van der Waals surface area contributed by atoms with Crippen LogP contribution in [-0.4, -0.2) is 23.5 Å². The molecule has 4 nitrogen and oxygen atoms in total. The molecule has 0 aromatic rings. The lowest BCUT2D eigenvalue weighted by Gasteiger charge is -2.39. The summed E-state index contributed by atoms with van der Waals surface area (Å²) in [7, 11) is 0. The minimum atomic E-state index is -0.672. The molecule has 4 heteroatoms. The molecule has 0 amide bonds. The zero-order chi connectivity index (χ0) is 19.7. The van der Waals surface area contributed by atoms with Crippen LogP contribution in [0.2, 0.25) is 0 Å². The molecule has 0 aromatic carbocycles. The molecule has 1 heterocycles. The van der Waals surface area contributed by atoms with E-state index in [9.17, 15) is 14.4 Å². The molecule has 146 valence electrons. The van der Waals surface area contributed by atoms with Crippen LogP contribution >= 0.6 is 0 Å². The number of Topliss-reactive ketones (excluding diaryl/α,β-unsaturated/α-hetero) is 3. The summed E-state index contributed by atoms with van der Waals surface area (Å²) in [6.45, 7) is 12.7. The second-order valence-electron chi connectivity index (χ2n) is 11.2. The molecule has 0 aromatic heterocycles. The number of ether oxygens (including phenoxy) is 1. The largest absolute Gasteiger partial charge is 0.477 e. The number of ketones is 3. The Morgan fingerprint density at radius 3 is 1.96 bits per heavy atom. The topological polar surface area (TPSA) is 60.4 Å². The van der Waals surface area contributed by atoms with Crippen molar-refractivity contribution in [1.29, 1.82) is 0 Å². The quantitative estimate of drug-likeness (QED) is 0.657. The summed E-state index contributed by atoms with van der Waals surface area (Å²) in [6.07, 6.45) is 3.03. The molecule has 0 radical (unpaired) electrons. The number of carbonyl (C=O) groups is 3. The molecular formula is C23H30O4. The van der Waals surface area contributed by atoms with Gasteiger partial charge in [0.05, 0.1) is 5.92 Å². The fourth-order valence-electron chi connectivity index (χ4n) is 7.38. The fraction of sp³-hybridized carbons (Fsp3) is 0.783. The van der Waals surface area contributed by atoms with Crippen LogP contribution in [0.3, 0.4) is 0 Å². The maximum absolute atomic E-state index is 13.1. The smallest absolute Gasteiger partial charge is 0.238 e. The van der Waals surface area contributed by atoms with Gasteiger partial charge in [-0.15, -0.1) is 0 Å². The number of allylic oxidation sites excluding steroid dienone is 1. The molecule has 6 atom stereocenters. The van der Waals surface area contributed by atoms with E-state index in [2.05, 4.69) is 34.6 Å². The second kappa shape index (κ2) is 4.58. The van der Waals surface area contributed by atoms with Crippen molar-refractivity contribution < 1.29 is 19.1 Å². The van der Waals surface area contributed by atoms with Crippen LogP contribution in [0.5, 0.6) is 0 Å². The minimum absolute atomic E-state index is 0.0945. The third kappa shape index (κ3) is 1.59. The summed E-state index contributed by atoms with van der Waals surface area (Å²) in [5.41, 5.74) is -0.368. The Kier molecular flexibility index (Phi) is 2.99. The Hall–Kier alpha value is -1.45. The van der Waals surface area contributed by atoms with Gasteiger partial charge in [0.15, 0.2) is 17.6 Å². The SMILES string of the molecule is CC1(C)[C@@H]2CC[C@]1(C)C(=O)[C@@H]2[C@H]1O/C(=C2\C(=O)[C@@]3(C)CC[C@@H]2C3(C)C)C1=O. The molecule has 0 unspecified atom stereocenters. The maximum atomic E-state index is 13.1. The van der Waals surface area contributed by atoms with E-state index in [-0.39, 0.29) is 57.1 Å². The van der Waals surface area contributed by atoms with Gasteiger partial charge in [-0.1, -0.05) is 41.5 Å². The van der Waals surface area contributed by atoms with E-state index in [0.717, 1.165) is 25.7 Å². The van der Waals surface area contributed by atoms with Gasteiger partial charge in [-0.25, -0.2) is 0 Å². The lowest BCUT2D eigenvalue weighted by Crippen LogP contribution is -2.50. The van der Waals surface area contributed by atoms with Crippen molar-refractivity contribution in [1.82, 2.24) is 0 Å². The van der Waals surface area contributed by atoms with E-state index in [4.69, 9.17) is 4.74 Å². The number of fused-ring (bicyclic) bond motifs is 4. The van der Waals surface area contributed by atoms with Crippen molar-refractivity contribution in [2.75, 3.05) is 0 Å². The number of hydrogen-bond acceptors (Lipinski definition) is 4. The van der Waals surface area contributed by atoms with E-state index in [1.54, 1.807) is 0 Å². The molecule has 1 saturated heterocycles. The second-order valence-corrected chi connectivity index (χ2v) is 11.2. The van der Waals surface area contributed by atoms with Crippen molar-refractivity contribution >= 4 is 17.3 Å². The van der Waals surface area contributed by atoms with E-state index in [1.807, 2.05) is 6.92 Å². The Morgan fingerprint density at radius 2 is 1.48 bits per heavy atom. The summed E-state index contributed by atoms with van der Waals surface area (Å²) in [4.78, 5) is 39.4. The molecule has 27 heavy (non-hydrogen) atoms. The standard InChI is InChI=1S/C23H30O4/c1-20(2)11-7-9-22(20,5)18(25)13(11)16-15(24)17(27-16)14-12-8-10-23(6,19(14)26)21(12,3)4/h11-13,16H,7-10H2,1-6H3/b17-14-/t11-,12+,13+,16-,22-,23-/m1/s1. The zero-order valence-electron chi connectivity index (χ0n) is 17.3. The van der Waals surface area contributed by atoms with Crippen LogP contribution in [-0.2, 0) is 19.1 Å². The van der Waals surface area contributed by atoms with E-state index < -0.39 is 11.5 Å². The lowest BCUT2D eigenvalue weighted by atomic mass is 9.70. The highest BCUT2D eigenvalue weighted by atomic mass is 16.5. The maximum Gasteiger partial charge on any atom is 0.238 e. The Morgan fingerprint density at radius 1 is 0.852 bits per heavy atom. The Bertz CT molecular complexity index is 846. The van der Waals surface area contributed by atoms with Gasteiger partial charge in [0, 0.05) is 16.4 Å². The molecular weight excluding hydrogens is 340 g/mol. The minimum Gasteiger partial charge on any atom is -0.477 e. The first kappa shape index (κ1) is 17.6. The Balaban J connectivity index is 1.48. The van der Waals surface area contributed by atoms with Gasteiger partial charge in [-0.3, -0.25) is 14.4 Å². The average molecular weight is 370 g/mol. The first-order chi connectivity index (χ1) is 12.4. The molecule has 1 aliphatic heterocycles. The Labute approximate surface area is 161 Å². The number of carbonyl (C=O) groups excluding carboxylic acids is 3. The first-order valence-electron chi connectivity index (χ1n) is 10.4. The number of rotatable bonds is 1. The van der Waals surface area contributed by atoms with Crippen LogP contribution in [0.15, 0.2) is 11.3 Å². The van der Waals surface area contributed by atoms with Gasteiger partial charge in [-0.2, -0.15) is 0 Å². The van der Waals surface area contributed by atoms with Crippen molar-refractivity contribution in [3.8, 4) is 0 Å². The van der Waals surface area contributed by atoms with Gasteiger partial charge in [0.25, 0.3) is 0 Å². The molecule has 5 aliphatic rings. The third-order valence-corrected chi connectivity index (χ3v) is 10.2. The molecule has 5 rings (SSSR count). The van der Waals surface area contributed by atoms with Crippen LogP contribution in [0.4, 0.5) is 0 Å². The van der Waals surface area contributed by atoms with Gasteiger partial charge < -0.3 is 4.74 Å². The van der Waals surface area contributed by atoms with Crippen LogP contribution in [0.1, 0.15) is 67.2 Å². The first-order valence-corrected chi connectivity index (χ1v) is 10.4. The van der Waals surface area contributed by atoms with Crippen molar-refractivity contribution in [2.24, 2.45) is 39.4 Å². The van der Waals surface area contributed by atoms with E-state index >= 15 is 0 Å². The highest BCUT2D eigenvalue weighted by Gasteiger charge is 2.71. The molecule has 4 saturated carbocycles. The fourth-order valence-corrected chi connectivity index (χ4v) is 7.38. The average Bonchev–Trinajstić information content (AvgIpc) is 3.07. The third-order valence-electron chi connectivity index (χ3n) is 10.2. The normalized spacial score (nSPS) is 51.7. The summed E-state index contributed by atoms with van der Waals surface area (Å²) >= 11 is 0. The predicted octanol–water partition coefficient (Wildman–Crippen LogP) is 3.88. The van der Waals surface area contributed by atoms with Crippen LogP contribution < -0.4 is 0 Å². The molecule has 0 spiro atoms. The van der Waals surface area contributed by atoms with Crippen molar-refractivity contribution in [3.05, 3.63) is 11.3 Å². The molecule has 5 fully saturated rings. The highest BCUT2D eigenvalue weighted by molar-refractivity contribution is 6.15. The van der Waals surface area contributed by atoms with Crippen molar-refractivity contribution in [2.45, 2.75) is 73.3 Å². The molecule has 4 bridgehead atoms. The van der Waals surface area contributed by atoms with E-state index in [0.29, 0.717) is 5.57 Å². The molecule has 4 aliphatic carbocycles. The van der Waals surface area contributed by atoms with Crippen LogP contribution in [0, 0.1) is 39.4 Å². The predicted molar refractivity (Wildman–Crippen MR) is 99.6 cm³/mol. The summed E-state index contributed by atoms with van der Waals surface area (Å²) < 4.78 is 6.03. The summed E-state index contributed by atoms with van der Waals surface area (Å²) in [6, 6.07) is 0. The van der Waals surface area contributed by atoms with Gasteiger partial charge in [-0.05, 0) is 48.3 Å². The lowest BCUT2D eigenvalue weighted by molar-refractivity contribution is -0.156. The highest BCUT2D eigenvalue weighted by Crippen LogP contribution is 2.69. The molecule has 0 N–H and O–H groups in total. The zero-order valence-corrected chi connectivity index (χ0v) is 17.3. The summed E-state index contributed by atoms with van der Waals surface area (Å²) in [5, 5.41) is 0. The number of hydrogen-bond donors (Lipinski definition) is 0. The van der Waals surface area contributed by atoms with E-state index in [1.165, 1.54) is 0 Å². The monoisotopic (exact) mass is 370 g/mol. The van der Waals surface area contributed by atoms with Gasteiger partial charge >= 0.3 is 0 Å².